The Morgan fingerprint density at radius 1 is 1.27 bits per heavy atom. The van der Waals surface area contributed by atoms with Crippen LogP contribution in [-0.4, -0.2) is 84.9 Å². The highest BCUT2D eigenvalue weighted by Crippen LogP contribution is 2.25. The molecule has 0 amide bonds. The summed E-state index contributed by atoms with van der Waals surface area (Å²) in [6.45, 7) is 21.1. The lowest BCUT2D eigenvalue weighted by Crippen LogP contribution is -2.56. The van der Waals surface area contributed by atoms with Gasteiger partial charge in [0.1, 0.15) is 10.8 Å². The van der Waals surface area contributed by atoms with E-state index in [1.807, 2.05) is 25.4 Å². The maximum atomic E-state index is 12.1. The Balaban J connectivity index is 1.85. The summed E-state index contributed by atoms with van der Waals surface area (Å²) in [7, 11) is 4.38. The van der Waals surface area contributed by atoms with E-state index in [1.165, 1.54) is 28.0 Å². The highest BCUT2D eigenvalue weighted by molar-refractivity contribution is 7.09. The molecule has 220 valence electrons. The number of hydrogen-bond donors (Lipinski definition) is 1. The van der Waals surface area contributed by atoms with Crippen LogP contribution >= 0.6 is 11.3 Å². The van der Waals surface area contributed by atoms with E-state index in [1.54, 1.807) is 18.3 Å². The number of thiazole rings is 1. The highest BCUT2D eigenvalue weighted by Gasteiger charge is 2.30. The van der Waals surface area contributed by atoms with Crippen molar-refractivity contribution in [2.75, 3.05) is 53.4 Å². The molecule has 1 atom stereocenters. The first kappa shape index (κ1) is 32.2. The van der Waals surface area contributed by atoms with Crippen molar-refractivity contribution < 1.29 is 4.79 Å². The molecular formula is C33H51N5OS. The van der Waals surface area contributed by atoms with Crippen molar-refractivity contribution in [1.29, 1.82) is 0 Å². The number of hydrogen-bond acceptors (Lipinski definition) is 7. The number of benzene rings is 1. The molecule has 6 nitrogen and oxygen atoms in total. The summed E-state index contributed by atoms with van der Waals surface area (Å²) in [6.07, 6.45) is 4.83. The van der Waals surface area contributed by atoms with Crippen molar-refractivity contribution in [1.82, 2.24) is 25.0 Å². The van der Waals surface area contributed by atoms with Gasteiger partial charge in [-0.2, -0.15) is 0 Å². The molecule has 2 heterocycles. The van der Waals surface area contributed by atoms with E-state index in [9.17, 15) is 4.79 Å². The zero-order chi connectivity index (χ0) is 29.3. The number of rotatable bonds is 15. The molecule has 1 aliphatic heterocycles. The molecule has 0 bridgehead atoms. The number of carbonyl (C=O) groups excluding carboxylic acids is 1. The summed E-state index contributed by atoms with van der Waals surface area (Å²) in [5.74, 6) is 0.243. The van der Waals surface area contributed by atoms with E-state index in [-0.39, 0.29) is 11.2 Å². The fraction of sp³-hybridized carbons (Fsp3) is 0.576. The molecule has 1 unspecified atom stereocenters. The van der Waals surface area contributed by atoms with Crippen molar-refractivity contribution in [2.24, 2.45) is 5.41 Å². The predicted molar refractivity (Wildman–Crippen MR) is 170 cm³/mol. The number of aromatic nitrogens is 1. The SMILES string of the molecule is C=C(CCC)/C(Cc1ccccc1C)=C(\CN1CCN(C)C(CN(C)CC(C)(C)C(C)=O)C1)NCc1nccs1. The molecule has 1 N–H and O–H groups in total. The fourth-order valence-corrected chi connectivity index (χ4v) is 6.02. The Kier molecular flexibility index (Phi) is 12.1. The van der Waals surface area contributed by atoms with Gasteiger partial charge in [-0.25, -0.2) is 4.98 Å². The first-order valence-electron chi connectivity index (χ1n) is 14.7. The van der Waals surface area contributed by atoms with Gasteiger partial charge in [-0.15, -0.1) is 11.3 Å². The minimum absolute atomic E-state index is 0.243. The van der Waals surface area contributed by atoms with Crippen molar-refractivity contribution in [3.05, 3.63) is 75.4 Å². The van der Waals surface area contributed by atoms with Crippen LogP contribution in [0.4, 0.5) is 0 Å². The quantitative estimate of drug-likeness (QED) is 0.286. The van der Waals surface area contributed by atoms with Crippen LogP contribution in [0, 0.1) is 12.3 Å². The Labute approximate surface area is 247 Å². The molecule has 1 aliphatic rings. The Bertz CT molecular complexity index is 1140. The number of aryl methyl sites for hydroxylation is 1. The minimum Gasteiger partial charge on any atom is -0.381 e. The largest absolute Gasteiger partial charge is 0.381 e. The smallest absolute Gasteiger partial charge is 0.136 e. The molecule has 0 saturated carbocycles. The molecule has 0 spiro atoms. The van der Waals surface area contributed by atoms with Crippen LogP contribution in [0.5, 0.6) is 0 Å². The number of ketones is 1. The Morgan fingerprint density at radius 2 is 2.02 bits per heavy atom. The number of nitrogens with one attached hydrogen (secondary N) is 1. The van der Waals surface area contributed by atoms with Gasteiger partial charge in [-0.05, 0) is 63.1 Å². The summed E-state index contributed by atoms with van der Waals surface area (Å²) in [5.41, 5.74) is 6.18. The molecule has 1 fully saturated rings. The lowest BCUT2D eigenvalue weighted by molar-refractivity contribution is -0.125. The van der Waals surface area contributed by atoms with E-state index in [0.717, 1.165) is 70.1 Å². The van der Waals surface area contributed by atoms with Crippen LogP contribution in [-0.2, 0) is 17.8 Å². The van der Waals surface area contributed by atoms with Crippen molar-refractivity contribution >= 4 is 17.1 Å². The van der Waals surface area contributed by atoms with Crippen LogP contribution < -0.4 is 5.32 Å². The van der Waals surface area contributed by atoms with E-state index in [0.29, 0.717) is 6.04 Å². The summed E-state index contributed by atoms with van der Waals surface area (Å²) >= 11 is 1.69. The van der Waals surface area contributed by atoms with Gasteiger partial charge < -0.3 is 10.2 Å². The zero-order valence-corrected chi connectivity index (χ0v) is 26.7. The predicted octanol–water partition coefficient (Wildman–Crippen LogP) is 5.56. The maximum absolute atomic E-state index is 12.1. The van der Waals surface area contributed by atoms with Gasteiger partial charge in [0.15, 0.2) is 0 Å². The third kappa shape index (κ3) is 9.37. The Hall–Kier alpha value is -2.32. The second kappa shape index (κ2) is 15.1. The number of piperazine rings is 1. The summed E-state index contributed by atoms with van der Waals surface area (Å²) in [5, 5.41) is 6.96. The highest BCUT2D eigenvalue weighted by atomic mass is 32.1. The second-order valence-corrected chi connectivity index (χ2v) is 13.2. The number of likely N-dealkylation sites (N-methyl/N-ethyl adjacent to an activating group) is 2. The average Bonchev–Trinajstić information content (AvgIpc) is 3.41. The van der Waals surface area contributed by atoms with Gasteiger partial charge in [-0.3, -0.25) is 14.6 Å². The third-order valence-corrected chi connectivity index (χ3v) is 9.07. The lowest BCUT2D eigenvalue weighted by atomic mass is 9.88. The minimum atomic E-state index is -0.332. The standard InChI is InChI=1S/C33H51N5OS/c1-9-12-26(3)30(19-28-14-11-10-13-25(28)2)31(35-20-32-34-15-18-40-32)23-38-17-16-37(8)29(22-38)21-36(7)24-33(5,6)27(4)39/h10-11,13-15,18,29,35H,3,9,12,16-17,19-24H2,1-2,4-8H3/b31-30+. The van der Waals surface area contributed by atoms with Gasteiger partial charge in [0.25, 0.3) is 0 Å². The monoisotopic (exact) mass is 565 g/mol. The summed E-state index contributed by atoms with van der Waals surface area (Å²) in [6, 6.07) is 9.11. The van der Waals surface area contributed by atoms with Crippen molar-refractivity contribution in [3.8, 4) is 0 Å². The molecular weight excluding hydrogens is 514 g/mol. The van der Waals surface area contributed by atoms with Gasteiger partial charge in [-0.1, -0.05) is 58.0 Å². The van der Waals surface area contributed by atoms with Gasteiger partial charge in [0.05, 0.1) is 6.54 Å². The van der Waals surface area contributed by atoms with E-state index < -0.39 is 0 Å². The average molecular weight is 566 g/mol. The van der Waals surface area contributed by atoms with Gasteiger partial charge >= 0.3 is 0 Å². The van der Waals surface area contributed by atoms with E-state index >= 15 is 0 Å². The maximum Gasteiger partial charge on any atom is 0.136 e. The van der Waals surface area contributed by atoms with Crippen LogP contribution in [0.15, 0.2) is 59.3 Å². The van der Waals surface area contributed by atoms with Crippen LogP contribution in [0.2, 0.25) is 0 Å². The molecule has 1 saturated heterocycles. The van der Waals surface area contributed by atoms with Crippen molar-refractivity contribution in [2.45, 2.75) is 66.5 Å². The topological polar surface area (TPSA) is 51.7 Å². The normalized spacial score (nSPS) is 17.6. The van der Waals surface area contributed by atoms with Gasteiger partial charge in [0, 0.05) is 68.0 Å². The molecule has 7 heteroatoms. The molecule has 0 radical (unpaired) electrons. The van der Waals surface area contributed by atoms with Crippen molar-refractivity contribution in [3.63, 3.8) is 0 Å². The fourth-order valence-electron chi connectivity index (χ4n) is 5.46. The zero-order valence-electron chi connectivity index (χ0n) is 25.9. The number of Topliss-reactive ketones (excluding diaryl/α,β-unsaturated/α-hetero) is 1. The molecule has 3 rings (SSSR count). The third-order valence-electron chi connectivity index (χ3n) is 8.29. The van der Waals surface area contributed by atoms with Gasteiger partial charge in [0.2, 0.25) is 0 Å². The first-order chi connectivity index (χ1) is 19.0. The molecule has 1 aromatic heterocycles. The summed E-state index contributed by atoms with van der Waals surface area (Å²) in [4.78, 5) is 24.1. The molecule has 1 aromatic carbocycles. The molecule has 2 aromatic rings. The Morgan fingerprint density at radius 3 is 2.67 bits per heavy atom. The molecule has 0 aliphatic carbocycles. The number of allylic oxidation sites excluding steroid dienone is 2. The van der Waals surface area contributed by atoms with E-state index in [4.69, 9.17) is 0 Å². The first-order valence-corrected chi connectivity index (χ1v) is 15.6. The van der Waals surface area contributed by atoms with E-state index in [2.05, 4.69) is 83.8 Å². The molecule has 40 heavy (non-hydrogen) atoms. The number of nitrogens with zero attached hydrogens (tertiary/aromatic N) is 4. The summed E-state index contributed by atoms with van der Waals surface area (Å²) < 4.78 is 0. The van der Waals surface area contributed by atoms with Crippen LogP contribution in [0.1, 0.15) is 56.7 Å². The second-order valence-electron chi connectivity index (χ2n) is 12.2. The van der Waals surface area contributed by atoms with Crippen LogP contribution in [0.25, 0.3) is 0 Å². The van der Waals surface area contributed by atoms with Crippen LogP contribution in [0.3, 0.4) is 0 Å². The number of carbonyl (C=O) groups is 1. The lowest BCUT2D eigenvalue weighted by Gasteiger charge is -2.42.